The lowest BCUT2D eigenvalue weighted by atomic mass is 10.0. The largest absolute Gasteiger partial charge is 0.361 e. The zero-order valence-corrected chi connectivity index (χ0v) is 18.7. The van der Waals surface area contributed by atoms with Crippen LogP contribution >= 0.6 is 11.6 Å². The number of carbonyl (C=O) groups is 2. The lowest BCUT2D eigenvalue weighted by molar-refractivity contribution is -0.126. The molecule has 9 heteroatoms. The number of sulfonamides is 1. The van der Waals surface area contributed by atoms with Gasteiger partial charge in [0.2, 0.25) is 15.9 Å². The number of para-hydroxylation sites is 1. The van der Waals surface area contributed by atoms with Crippen molar-refractivity contribution < 1.29 is 18.0 Å². The Kier molecular flexibility index (Phi) is 7.15. The summed E-state index contributed by atoms with van der Waals surface area (Å²) < 4.78 is 27.9. The summed E-state index contributed by atoms with van der Waals surface area (Å²) in [5, 5.41) is 4.04. The molecule has 31 heavy (non-hydrogen) atoms. The minimum absolute atomic E-state index is 0.001000. The van der Waals surface area contributed by atoms with Crippen LogP contribution in [0.3, 0.4) is 0 Å². The average Bonchev–Trinajstić information content (AvgIpc) is 3.14. The molecule has 0 aliphatic rings. The SMILES string of the molecule is CC(C)[C@H](NS(=O)(=O)c1ccc(Cl)cc1)C(=O)N[C@H](C=O)Cc1c[nH]c2ccccc12. The molecule has 0 saturated carbocycles. The van der Waals surface area contributed by atoms with Crippen LogP contribution in [0.4, 0.5) is 0 Å². The minimum Gasteiger partial charge on any atom is -0.361 e. The van der Waals surface area contributed by atoms with E-state index in [0.717, 1.165) is 16.5 Å². The predicted octanol–water partition coefficient (Wildman–Crippen LogP) is 3.05. The number of H-pyrrole nitrogens is 1. The molecule has 0 radical (unpaired) electrons. The molecule has 0 aliphatic carbocycles. The molecule has 3 N–H and O–H groups in total. The maximum absolute atomic E-state index is 12.9. The van der Waals surface area contributed by atoms with Crippen molar-refractivity contribution in [3.63, 3.8) is 0 Å². The first-order chi connectivity index (χ1) is 14.7. The fraction of sp³-hybridized carbons (Fsp3) is 0.273. The van der Waals surface area contributed by atoms with Gasteiger partial charge in [0.25, 0.3) is 0 Å². The molecule has 0 aliphatic heterocycles. The zero-order chi connectivity index (χ0) is 22.6. The van der Waals surface area contributed by atoms with Gasteiger partial charge in [-0.1, -0.05) is 43.6 Å². The number of hydrogen-bond acceptors (Lipinski definition) is 4. The summed E-state index contributed by atoms with van der Waals surface area (Å²) in [6.45, 7) is 3.45. The molecule has 1 amide bonds. The van der Waals surface area contributed by atoms with Crippen molar-refractivity contribution in [1.82, 2.24) is 15.0 Å². The van der Waals surface area contributed by atoms with Gasteiger partial charge in [-0.2, -0.15) is 4.72 Å². The Bertz CT molecular complexity index is 1170. The standard InChI is InChI=1S/C22H24ClN3O4S/c1-14(2)21(26-31(29,30)18-9-7-16(23)8-10-18)22(28)25-17(13-27)11-15-12-24-20-6-4-3-5-19(15)20/h3-10,12-14,17,21,24,26H,11H2,1-2H3,(H,25,28)/t17-,21-/m0/s1. The van der Waals surface area contributed by atoms with Gasteiger partial charge < -0.3 is 15.1 Å². The van der Waals surface area contributed by atoms with Crippen molar-refractivity contribution in [2.75, 3.05) is 0 Å². The molecule has 3 rings (SSSR count). The van der Waals surface area contributed by atoms with Gasteiger partial charge >= 0.3 is 0 Å². The van der Waals surface area contributed by atoms with E-state index in [1.807, 2.05) is 24.3 Å². The number of aromatic nitrogens is 1. The van der Waals surface area contributed by atoms with Gasteiger partial charge in [-0.05, 0) is 41.8 Å². The Hall–Kier alpha value is -2.68. The maximum atomic E-state index is 12.9. The van der Waals surface area contributed by atoms with Crippen LogP contribution in [0.25, 0.3) is 10.9 Å². The van der Waals surface area contributed by atoms with Crippen molar-refractivity contribution in [2.45, 2.75) is 37.2 Å². The number of aromatic amines is 1. The monoisotopic (exact) mass is 461 g/mol. The fourth-order valence-electron chi connectivity index (χ4n) is 3.28. The zero-order valence-electron chi connectivity index (χ0n) is 17.1. The third kappa shape index (κ3) is 5.52. The quantitative estimate of drug-likeness (QED) is 0.425. The van der Waals surface area contributed by atoms with E-state index < -0.39 is 28.0 Å². The van der Waals surface area contributed by atoms with Gasteiger partial charge in [-0.25, -0.2) is 8.42 Å². The van der Waals surface area contributed by atoms with E-state index in [1.54, 1.807) is 20.0 Å². The van der Waals surface area contributed by atoms with E-state index in [9.17, 15) is 18.0 Å². The molecule has 0 fully saturated rings. The van der Waals surface area contributed by atoms with Gasteiger partial charge in [0.15, 0.2) is 0 Å². The topological polar surface area (TPSA) is 108 Å². The third-order valence-corrected chi connectivity index (χ3v) is 6.67. The summed E-state index contributed by atoms with van der Waals surface area (Å²) in [5.74, 6) is -0.910. The average molecular weight is 462 g/mol. The maximum Gasteiger partial charge on any atom is 0.241 e. The molecule has 2 aromatic carbocycles. The second kappa shape index (κ2) is 9.64. The normalized spacial score (nSPS) is 13.8. The first-order valence-electron chi connectivity index (χ1n) is 9.80. The summed E-state index contributed by atoms with van der Waals surface area (Å²) in [6, 6.07) is 11.5. The first kappa shape index (κ1) is 23.0. The van der Waals surface area contributed by atoms with Crippen molar-refractivity contribution >= 4 is 44.7 Å². The number of halogens is 1. The van der Waals surface area contributed by atoms with E-state index in [0.29, 0.717) is 11.3 Å². The number of amides is 1. The van der Waals surface area contributed by atoms with Gasteiger partial charge in [0.05, 0.1) is 10.9 Å². The molecule has 0 spiro atoms. The summed E-state index contributed by atoms with van der Waals surface area (Å²) in [5.41, 5.74) is 1.82. The molecule has 0 unspecified atom stereocenters. The summed E-state index contributed by atoms with van der Waals surface area (Å²) >= 11 is 5.82. The van der Waals surface area contributed by atoms with Crippen LogP contribution in [0.2, 0.25) is 5.02 Å². The molecule has 1 heterocycles. The fourth-order valence-corrected chi connectivity index (χ4v) is 4.75. The second-order valence-electron chi connectivity index (χ2n) is 7.61. The van der Waals surface area contributed by atoms with Gasteiger partial charge in [-0.3, -0.25) is 4.79 Å². The molecule has 7 nitrogen and oxygen atoms in total. The number of aldehydes is 1. The van der Waals surface area contributed by atoms with Gasteiger partial charge in [-0.15, -0.1) is 0 Å². The molecule has 1 aromatic heterocycles. The summed E-state index contributed by atoms with van der Waals surface area (Å²) in [7, 11) is -3.95. The number of fused-ring (bicyclic) bond motifs is 1. The summed E-state index contributed by atoms with van der Waals surface area (Å²) in [6.07, 6.45) is 2.75. The van der Waals surface area contributed by atoms with E-state index >= 15 is 0 Å². The minimum atomic E-state index is -3.95. The van der Waals surface area contributed by atoms with Crippen molar-refractivity contribution in [3.8, 4) is 0 Å². The Morgan fingerprint density at radius 1 is 1.13 bits per heavy atom. The van der Waals surface area contributed by atoms with E-state index in [1.165, 1.54) is 24.3 Å². The smallest absolute Gasteiger partial charge is 0.241 e. The van der Waals surface area contributed by atoms with E-state index in [-0.39, 0.29) is 17.2 Å². The predicted molar refractivity (Wildman–Crippen MR) is 120 cm³/mol. The molecule has 3 aromatic rings. The van der Waals surface area contributed by atoms with Crippen LogP contribution in [0.15, 0.2) is 59.6 Å². The van der Waals surface area contributed by atoms with Crippen molar-refractivity contribution in [1.29, 1.82) is 0 Å². The highest BCUT2D eigenvalue weighted by atomic mass is 35.5. The van der Waals surface area contributed by atoms with E-state index in [2.05, 4.69) is 15.0 Å². The lowest BCUT2D eigenvalue weighted by Crippen LogP contribution is -2.52. The Labute approximate surface area is 186 Å². The molecular formula is C22H24ClN3O4S. The number of nitrogens with one attached hydrogen (secondary N) is 3. The number of hydrogen-bond donors (Lipinski definition) is 3. The Balaban J connectivity index is 1.74. The second-order valence-corrected chi connectivity index (χ2v) is 9.76. The van der Waals surface area contributed by atoms with Gasteiger partial charge in [0.1, 0.15) is 12.3 Å². The number of carbonyl (C=O) groups excluding carboxylic acids is 2. The van der Waals surface area contributed by atoms with Crippen LogP contribution in [0.1, 0.15) is 19.4 Å². The lowest BCUT2D eigenvalue weighted by Gasteiger charge is -2.23. The highest BCUT2D eigenvalue weighted by molar-refractivity contribution is 7.89. The first-order valence-corrected chi connectivity index (χ1v) is 11.7. The highest BCUT2D eigenvalue weighted by Crippen LogP contribution is 2.19. The Morgan fingerprint density at radius 2 is 1.81 bits per heavy atom. The van der Waals surface area contributed by atoms with Gasteiger partial charge in [0, 0.05) is 28.5 Å². The van der Waals surface area contributed by atoms with Crippen LogP contribution in [-0.2, 0) is 26.0 Å². The van der Waals surface area contributed by atoms with Crippen molar-refractivity contribution in [2.24, 2.45) is 5.92 Å². The van der Waals surface area contributed by atoms with Crippen LogP contribution in [-0.4, -0.2) is 37.7 Å². The third-order valence-electron chi connectivity index (χ3n) is 4.96. The molecule has 0 bridgehead atoms. The van der Waals surface area contributed by atoms with Crippen LogP contribution in [0, 0.1) is 5.92 Å². The van der Waals surface area contributed by atoms with Crippen molar-refractivity contribution in [3.05, 3.63) is 65.3 Å². The molecule has 0 saturated heterocycles. The summed E-state index contributed by atoms with van der Waals surface area (Å²) in [4.78, 5) is 27.7. The molecular weight excluding hydrogens is 438 g/mol. The van der Waals surface area contributed by atoms with E-state index in [4.69, 9.17) is 11.6 Å². The molecule has 164 valence electrons. The number of benzene rings is 2. The highest BCUT2D eigenvalue weighted by Gasteiger charge is 2.30. The molecule has 2 atom stereocenters. The van der Waals surface area contributed by atoms with Crippen LogP contribution < -0.4 is 10.0 Å². The van der Waals surface area contributed by atoms with Crippen LogP contribution in [0.5, 0.6) is 0 Å². The Morgan fingerprint density at radius 3 is 2.45 bits per heavy atom. The number of rotatable bonds is 9.